The van der Waals surface area contributed by atoms with Gasteiger partial charge in [-0.25, -0.2) is 0 Å². The van der Waals surface area contributed by atoms with Gasteiger partial charge in [-0.3, -0.25) is 4.79 Å². The normalized spacial score (nSPS) is 19.1. The average Bonchev–Trinajstić information content (AvgIpc) is 2.81. The van der Waals surface area contributed by atoms with E-state index in [1.165, 1.54) is 0 Å². The van der Waals surface area contributed by atoms with Crippen molar-refractivity contribution in [3.63, 3.8) is 0 Å². The lowest BCUT2D eigenvalue weighted by Crippen LogP contribution is -2.17. The standard InChI is InChI=1S/C17H24ClNO2/c1-6-21-13-8-7-12(9-11(13)10-18)19-15(20)14-16(2,3)17(14,4)5/h7-9,14H,6,10H2,1-5H3,(H,19,20). The average molecular weight is 310 g/mol. The van der Waals surface area contributed by atoms with E-state index < -0.39 is 0 Å². The van der Waals surface area contributed by atoms with Crippen LogP contribution in [0.2, 0.25) is 0 Å². The molecule has 1 aromatic carbocycles. The van der Waals surface area contributed by atoms with Crippen LogP contribution >= 0.6 is 11.6 Å². The molecule has 0 saturated heterocycles. The molecule has 116 valence electrons. The first-order valence-corrected chi connectivity index (χ1v) is 7.91. The highest BCUT2D eigenvalue weighted by molar-refractivity contribution is 6.17. The van der Waals surface area contributed by atoms with Crippen LogP contribution in [0.25, 0.3) is 0 Å². The molecule has 1 N–H and O–H groups in total. The third-order valence-electron chi connectivity index (χ3n) is 5.05. The zero-order valence-electron chi connectivity index (χ0n) is 13.4. The van der Waals surface area contributed by atoms with E-state index in [1.54, 1.807) is 0 Å². The van der Waals surface area contributed by atoms with E-state index in [2.05, 4.69) is 33.0 Å². The summed E-state index contributed by atoms with van der Waals surface area (Å²) in [5.74, 6) is 1.25. The topological polar surface area (TPSA) is 38.3 Å². The van der Waals surface area contributed by atoms with E-state index >= 15 is 0 Å². The van der Waals surface area contributed by atoms with E-state index in [0.717, 1.165) is 17.0 Å². The minimum atomic E-state index is 0.0380. The zero-order chi connectivity index (χ0) is 15.8. The van der Waals surface area contributed by atoms with Crippen LogP contribution in [0.4, 0.5) is 5.69 Å². The summed E-state index contributed by atoms with van der Waals surface area (Å²) < 4.78 is 5.52. The summed E-state index contributed by atoms with van der Waals surface area (Å²) in [4.78, 5) is 12.4. The number of carbonyl (C=O) groups excluding carboxylic acids is 1. The number of amides is 1. The molecule has 3 nitrogen and oxygen atoms in total. The fourth-order valence-electron chi connectivity index (χ4n) is 3.12. The van der Waals surface area contributed by atoms with E-state index in [9.17, 15) is 4.79 Å². The number of benzene rings is 1. The molecule has 1 aliphatic rings. The van der Waals surface area contributed by atoms with E-state index in [0.29, 0.717) is 12.5 Å². The summed E-state index contributed by atoms with van der Waals surface area (Å²) >= 11 is 5.95. The lowest BCUT2D eigenvalue weighted by atomic mass is 10.0. The molecule has 0 aromatic heterocycles. The van der Waals surface area contributed by atoms with Crippen molar-refractivity contribution in [2.75, 3.05) is 11.9 Å². The Bertz CT molecular complexity index is 538. The molecule has 0 atom stereocenters. The van der Waals surface area contributed by atoms with Crippen molar-refractivity contribution in [2.24, 2.45) is 16.7 Å². The molecule has 0 aliphatic heterocycles. The second-order valence-electron chi connectivity index (χ2n) is 6.75. The van der Waals surface area contributed by atoms with E-state index in [4.69, 9.17) is 16.3 Å². The molecule has 0 unspecified atom stereocenters. The molecule has 0 radical (unpaired) electrons. The number of halogens is 1. The molecule has 2 rings (SSSR count). The molecule has 1 fully saturated rings. The predicted molar refractivity (Wildman–Crippen MR) is 86.8 cm³/mol. The van der Waals surface area contributed by atoms with Crippen molar-refractivity contribution in [2.45, 2.75) is 40.5 Å². The number of nitrogens with one attached hydrogen (secondary N) is 1. The molecule has 21 heavy (non-hydrogen) atoms. The molecule has 0 heterocycles. The van der Waals surface area contributed by atoms with Crippen molar-refractivity contribution >= 4 is 23.2 Å². The van der Waals surface area contributed by atoms with Crippen LogP contribution in [0.5, 0.6) is 5.75 Å². The van der Waals surface area contributed by atoms with Gasteiger partial charge in [-0.2, -0.15) is 0 Å². The third kappa shape index (κ3) is 2.76. The number of hydrogen-bond donors (Lipinski definition) is 1. The first kappa shape index (κ1) is 16.2. The minimum Gasteiger partial charge on any atom is -0.494 e. The van der Waals surface area contributed by atoms with Gasteiger partial charge in [0.1, 0.15) is 5.75 Å². The van der Waals surface area contributed by atoms with Gasteiger partial charge in [0.2, 0.25) is 5.91 Å². The third-order valence-corrected chi connectivity index (χ3v) is 5.34. The highest BCUT2D eigenvalue weighted by Crippen LogP contribution is 2.68. The maximum Gasteiger partial charge on any atom is 0.228 e. The van der Waals surface area contributed by atoms with Gasteiger partial charge in [-0.15, -0.1) is 11.6 Å². The fourth-order valence-corrected chi connectivity index (χ4v) is 3.33. The Kier molecular flexibility index (Phi) is 4.25. The quantitative estimate of drug-likeness (QED) is 0.816. The van der Waals surface area contributed by atoms with Crippen molar-refractivity contribution in [3.8, 4) is 5.75 Å². The van der Waals surface area contributed by atoms with Gasteiger partial charge < -0.3 is 10.1 Å². The Morgan fingerprint density at radius 3 is 2.38 bits per heavy atom. The van der Waals surface area contributed by atoms with E-state index in [1.807, 2.05) is 25.1 Å². The van der Waals surface area contributed by atoms with Gasteiger partial charge in [0, 0.05) is 17.2 Å². The fraction of sp³-hybridized carbons (Fsp3) is 0.588. The van der Waals surface area contributed by atoms with Crippen molar-refractivity contribution in [1.82, 2.24) is 0 Å². The smallest absolute Gasteiger partial charge is 0.228 e. The first-order valence-electron chi connectivity index (χ1n) is 7.38. The molecule has 1 aliphatic carbocycles. The number of carbonyl (C=O) groups is 1. The van der Waals surface area contributed by atoms with Crippen molar-refractivity contribution in [3.05, 3.63) is 23.8 Å². The predicted octanol–water partition coefficient (Wildman–Crippen LogP) is 4.44. The van der Waals surface area contributed by atoms with Gasteiger partial charge in [0.05, 0.1) is 12.5 Å². The first-order chi connectivity index (χ1) is 9.75. The molecule has 1 saturated carbocycles. The number of anilines is 1. The molecule has 4 heteroatoms. The number of hydrogen-bond acceptors (Lipinski definition) is 2. The Balaban J connectivity index is 2.12. The number of rotatable bonds is 5. The molecule has 1 aromatic rings. The van der Waals surface area contributed by atoms with Gasteiger partial charge in [0.25, 0.3) is 0 Å². The Hall–Kier alpha value is -1.22. The van der Waals surface area contributed by atoms with Crippen LogP contribution in [-0.4, -0.2) is 12.5 Å². The molecular formula is C17H24ClNO2. The number of alkyl halides is 1. The molecule has 0 spiro atoms. The number of ether oxygens (including phenoxy) is 1. The van der Waals surface area contributed by atoms with Crippen LogP contribution in [-0.2, 0) is 10.7 Å². The largest absolute Gasteiger partial charge is 0.494 e. The maximum absolute atomic E-state index is 12.4. The highest BCUT2D eigenvalue weighted by atomic mass is 35.5. The Morgan fingerprint density at radius 2 is 1.90 bits per heavy atom. The van der Waals surface area contributed by atoms with E-state index in [-0.39, 0.29) is 22.7 Å². The summed E-state index contributed by atoms with van der Waals surface area (Å²) in [7, 11) is 0. The molecule has 1 amide bonds. The lowest BCUT2D eigenvalue weighted by molar-refractivity contribution is -0.118. The van der Waals surface area contributed by atoms with Gasteiger partial charge in [-0.1, -0.05) is 27.7 Å². The summed E-state index contributed by atoms with van der Waals surface area (Å²) in [6.07, 6.45) is 0. The highest BCUT2D eigenvalue weighted by Gasteiger charge is 2.68. The minimum absolute atomic E-state index is 0.0380. The molecule has 0 bridgehead atoms. The maximum atomic E-state index is 12.4. The Labute approximate surface area is 132 Å². The summed E-state index contributed by atoms with van der Waals surface area (Å²) in [5.41, 5.74) is 1.75. The van der Waals surface area contributed by atoms with Crippen molar-refractivity contribution < 1.29 is 9.53 Å². The summed E-state index contributed by atoms with van der Waals surface area (Å²) in [6, 6.07) is 5.61. The summed E-state index contributed by atoms with van der Waals surface area (Å²) in [5, 5.41) is 3.01. The summed E-state index contributed by atoms with van der Waals surface area (Å²) in [6.45, 7) is 11.1. The van der Waals surface area contributed by atoms with Crippen LogP contribution in [0.1, 0.15) is 40.2 Å². The van der Waals surface area contributed by atoms with Crippen molar-refractivity contribution in [1.29, 1.82) is 0 Å². The van der Waals surface area contributed by atoms with Crippen LogP contribution in [0.15, 0.2) is 18.2 Å². The lowest BCUT2D eigenvalue weighted by Gasteiger charge is -2.12. The monoisotopic (exact) mass is 309 g/mol. The zero-order valence-corrected chi connectivity index (χ0v) is 14.2. The van der Waals surface area contributed by atoms with Crippen LogP contribution in [0.3, 0.4) is 0 Å². The second kappa shape index (κ2) is 5.53. The Morgan fingerprint density at radius 1 is 1.29 bits per heavy atom. The van der Waals surface area contributed by atoms with Crippen LogP contribution < -0.4 is 10.1 Å². The van der Waals surface area contributed by atoms with Gasteiger partial charge in [0.15, 0.2) is 0 Å². The van der Waals surface area contributed by atoms with Gasteiger partial charge >= 0.3 is 0 Å². The van der Waals surface area contributed by atoms with Gasteiger partial charge in [-0.05, 0) is 36.0 Å². The second-order valence-corrected chi connectivity index (χ2v) is 7.02. The van der Waals surface area contributed by atoms with Crippen LogP contribution in [0, 0.1) is 16.7 Å². The molecular weight excluding hydrogens is 286 g/mol. The SMILES string of the molecule is CCOc1ccc(NC(=O)C2C(C)(C)C2(C)C)cc1CCl.